The summed E-state index contributed by atoms with van der Waals surface area (Å²) < 4.78 is 16.1. The molecule has 7 heteroatoms. The molecule has 1 aliphatic rings. The van der Waals surface area contributed by atoms with Crippen molar-refractivity contribution >= 4 is 29.9 Å². The minimum absolute atomic E-state index is 0. The van der Waals surface area contributed by atoms with Crippen LogP contribution in [0, 0.1) is 5.92 Å². The molecule has 154 valence electrons. The molecule has 0 aliphatic carbocycles. The van der Waals surface area contributed by atoms with Gasteiger partial charge in [0.05, 0.1) is 20.8 Å². The lowest BCUT2D eigenvalue weighted by Gasteiger charge is -2.24. The van der Waals surface area contributed by atoms with Gasteiger partial charge in [-0.05, 0) is 43.9 Å². The highest BCUT2D eigenvalue weighted by atomic mass is 127. The average molecular weight is 491 g/mol. The Bertz CT molecular complexity index is 578. The van der Waals surface area contributed by atoms with Crippen LogP contribution in [-0.2, 0) is 11.2 Å². The summed E-state index contributed by atoms with van der Waals surface area (Å²) in [5.41, 5.74) is 1.24. The highest BCUT2D eigenvalue weighted by Gasteiger charge is 2.18. The zero-order valence-electron chi connectivity index (χ0n) is 17.0. The van der Waals surface area contributed by atoms with Crippen LogP contribution < -0.4 is 14.8 Å². The lowest BCUT2D eigenvalue weighted by atomic mass is 10.1. The molecule has 0 bridgehead atoms. The molecule has 2 rings (SSSR count). The molecule has 0 saturated carbocycles. The van der Waals surface area contributed by atoms with E-state index in [1.54, 1.807) is 14.2 Å². The fourth-order valence-corrected chi connectivity index (χ4v) is 3.18. The highest BCUT2D eigenvalue weighted by Crippen LogP contribution is 2.27. The number of hydrogen-bond donors (Lipinski definition) is 1. The molecule has 0 amide bonds. The molecule has 0 spiro atoms. The number of aryl methyl sites for hydroxylation is 1. The second kappa shape index (κ2) is 13.0. The summed E-state index contributed by atoms with van der Waals surface area (Å²) in [6.07, 6.45) is 3.09. The maximum atomic E-state index is 5.47. The second-order valence-corrected chi connectivity index (χ2v) is 6.64. The van der Waals surface area contributed by atoms with E-state index in [2.05, 4.69) is 30.3 Å². The van der Waals surface area contributed by atoms with Crippen molar-refractivity contribution in [1.82, 2.24) is 10.2 Å². The SMILES string of the molecule is CCNC(=NCCCc1ccc(OC)c(OC)c1)N(C)CC1CCOC1.I. The predicted molar refractivity (Wildman–Crippen MR) is 121 cm³/mol. The number of nitrogens with zero attached hydrogens (tertiary/aromatic N) is 2. The van der Waals surface area contributed by atoms with Gasteiger partial charge in [0.25, 0.3) is 0 Å². The molecule has 1 fully saturated rings. The minimum atomic E-state index is 0. The van der Waals surface area contributed by atoms with E-state index in [1.807, 2.05) is 12.1 Å². The first-order valence-corrected chi connectivity index (χ1v) is 9.46. The Morgan fingerprint density at radius 2 is 2.07 bits per heavy atom. The summed E-state index contributed by atoms with van der Waals surface area (Å²) >= 11 is 0. The molecule has 0 radical (unpaired) electrons. The zero-order chi connectivity index (χ0) is 18.8. The third-order valence-corrected chi connectivity index (χ3v) is 4.59. The van der Waals surface area contributed by atoms with Crippen LogP contribution in [0.1, 0.15) is 25.3 Å². The van der Waals surface area contributed by atoms with Crippen LogP contribution >= 0.6 is 24.0 Å². The summed E-state index contributed by atoms with van der Waals surface area (Å²) in [4.78, 5) is 7.00. The van der Waals surface area contributed by atoms with Gasteiger partial charge in [0.2, 0.25) is 0 Å². The van der Waals surface area contributed by atoms with Crippen molar-refractivity contribution in [2.75, 3.05) is 54.1 Å². The molecule has 1 saturated heterocycles. The lowest BCUT2D eigenvalue weighted by Crippen LogP contribution is -2.41. The van der Waals surface area contributed by atoms with E-state index < -0.39 is 0 Å². The van der Waals surface area contributed by atoms with E-state index in [-0.39, 0.29) is 24.0 Å². The van der Waals surface area contributed by atoms with Crippen LogP contribution in [0.4, 0.5) is 0 Å². The maximum Gasteiger partial charge on any atom is 0.193 e. The van der Waals surface area contributed by atoms with Gasteiger partial charge < -0.3 is 24.4 Å². The first kappa shape index (κ1) is 23.8. The summed E-state index contributed by atoms with van der Waals surface area (Å²) in [6, 6.07) is 6.08. The van der Waals surface area contributed by atoms with Gasteiger partial charge in [-0.1, -0.05) is 6.07 Å². The number of aliphatic imine (C=N–C) groups is 1. The molecule has 1 N–H and O–H groups in total. The number of nitrogens with one attached hydrogen (secondary N) is 1. The number of rotatable bonds is 9. The van der Waals surface area contributed by atoms with Crippen LogP contribution in [0.25, 0.3) is 0 Å². The lowest BCUT2D eigenvalue weighted by molar-refractivity contribution is 0.181. The Balaban J connectivity index is 0.00000364. The Kier molecular flexibility index (Phi) is 11.5. The monoisotopic (exact) mass is 491 g/mol. The summed E-state index contributed by atoms with van der Waals surface area (Å²) in [5, 5.41) is 3.39. The van der Waals surface area contributed by atoms with Crippen LogP contribution in [0.15, 0.2) is 23.2 Å². The molecule has 27 heavy (non-hydrogen) atoms. The smallest absolute Gasteiger partial charge is 0.193 e. The summed E-state index contributed by atoms with van der Waals surface area (Å²) in [7, 11) is 5.43. The van der Waals surface area contributed by atoms with Crippen molar-refractivity contribution in [3.05, 3.63) is 23.8 Å². The van der Waals surface area contributed by atoms with Gasteiger partial charge in [0.1, 0.15) is 0 Å². The van der Waals surface area contributed by atoms with E-state index >= 15 is 0 Å². The standard InChI is InChI=1S/C20H33N3O3.HI/c1-5-21-20(23(2)14-17-10-12-26-15-17)22-11-6-7-16-8-9-18(24-3)19(13-16)25-4;/h8-9,13,17H,5-7,10-12,14-15H2,1-4H3,(H,21,22);1H. The molecule has 1 aromatic carbocycles. The number of methoxy groups -OCH3 is 2. The van der Waals surface area contributed by atoms with Gasteiger partial charge in [-0.3, -0.25) is 4.99 Å². The number of halogens is 1. The predicted octanol–water partition coefficient (Wildman–Crippen LogP) is 3.19. The minimum Gasteiger partial charge on any atom is -0.493 e. The largest absolute Gasteiger partial charge is 0.493 e. The van der Waals surface area contributed by atoms with E-state index in [4.69, 9.17) is 19.2 Å². The zero-order valence-corrected chi connectivity index (χ0v) is 19.3. The van der Waals surface area contributed by atoms with Crippen molar-refractivity contribution in [2.24, 2.45) is 10.9 Å². The summed E-state index contributed by atoms with van der Waals surface area (Å²) in [5.74, 6) is 3.13. The average Bonchev–Trinajstić information content (AvgIpc) is 3.16. The molecule has 0 aromatic heterocycles. The Morgan fingerprint density at radius 1 is 1.30 bits per heavy atom. The van der Waals surface area contributed by atoms with Crippen LogP contribution in [0.3, 0.4) is 0 Å². The third kappa shape index (κ3) is 7.73. The number of hydrogen-bond acceptors (Lipinski definition) is 4. The van der Waals surface area contributed by atoms with Crippen LogP contribution in [0.5, 0.6) is 11.5 Å². The normalized spacial score (nSPS) is 16.6. The molecular weight excluding hydrogens is 457 g/mol. The van der Waals surface area contributed by atoms with Gasteiger partial charge in [-0.15, -0.1) is 24.0 Å². The highest BCUT2D eigenvalue weighted by molar-refractivity contribution is 14.0. The molecule has 1 aromatic rings. The van der Waals surface area contributed by atoms with Gasteiger partial charge in [-0.2, -0.15) is 0 Å². The van der Waals surface area contributed by atoms with E-state index in [0.717, 1.165) is 69.6 Å². The third-order valence-electron chi connectivity index (χ3n) is 4.59. The van der Waals surface area contributed by atoms with Crippen molar-refractivity contribution in [3.8, 4) is 11.5 Å². The Morgan fingerprint density at radius 3 is 2.70 bits per heavy atom. The van der Waals surface area contributed by atoms with Crippen molar-refractivity contribution in [1.29, 1.82) is 0 Å². The molecule has 1 unspecified atom stereocenters. The fraction of sp³-hybridized carbons (Fsp3) is 0.650. The van der Waals surface area contributed by atoms with E-state index in [1.165, 1.54) is 5.56 Å². The Hall–Kier alpha value is -1.22. The maximum absolute atomic E-state index is 5.47. The number of benzene rings is 1. The molecule has 1 heterocycles. The van der Waals surface area contributed by atoms with E-state index in [0.29, 0.717) is 5.92 Å². The number of ether oxygens (including phenoxy) is 3. The van der Waals surface area contributed by atoms with Gasteiger partial charge >= 0.3 is 0 Å². The Labute approximate surface area is 180 Å². The molecule has 6 nitrogen and oxygen atoms in total. The van der Waals surface area contributed by atoms with Gasteiger partial charge in [0.15, 0.2) is 17.5 Å². The number of guanidine groups is 1. The van der Waals surface area contributed by atoms with Crippen LogP contribution in [0.2, 0.25) is 0 Å². The fourth-order valence-electron chi connectivity index (χ4n) is 3.18. The van der Waals surface area contributed by atoms with Gasteiger partial charge in [0, 0.05) is 39.2 Å². The van der Waals surface area contributed by atoms with Gasteiger partial charge in [-0.25, -0.2) is 0 Å². The first-order valence-electron chi connectivity index (χ1n) is 9.46. The molecule has 1 aliphatic heterocycles. The first-order chi connectivity index (χ1) is 12.7. The molecular formula is C20H34IN3O3. The molecule has 1 atom stereocenters. The van der Waals surface area contributed by atoms with Crippen LogP contribution in [-0.4, -0.2) is 65.0 Å². The second-order valence-electron chi connectivity index (χ2n) is 6.64. The summed E-state index contributed by atoms with van der Waals surface area (Å²) in [6.45, 7) is 6.51. The topological polar surface area (TPSA) is 55.3 Å². The van der Waals surface area contributed by atoms with Crippen molar-refractivity contribution in [3.63, 3.8) is 0 Å². The van der Waals surface area contributed by atoms with Crippen molar-refractivity contribution < 1.29 is 14.2 Å². The van der Waals surface area contributed by atoms with E-state index in [9.17, 15) is 0 Å². The quantitative estimate of drug-likeness (QED) is 0.249. The van der Waals surface area contributed by atoms with Crippen molar-refractivity contribution in [2.45, 2.75) is 26.2 Å².